The number of fused-ring (bicyclic) bond motifs is 1. The number of aromatic nitrogens is 1. The maximum Gasteiger partial charge on any atom is 0.162 e. The molecular formula is C16H18N2O2S. The molecule has 1 aromatic heterocycles. The van der Waals surface area contributed by atoms with Gasteiger partial charge >= 0.3 is 0 Å². The first-order valence-corrected chi connectivity index (χ1v) is 8.06. The summed E-state index contributed by atoms with van der Waals surface area (Å²) in [6.07, 6.45) is 0. The fraction of sp³-hybridized carbons (Fsp3) is 0.312. The molecule has 1 aliphatic rings. The highest BCUT2D eigenvalue weighted by atomic mass is 32.2. The van der Waals surface area contributed by atoms with Crippen LogP contribution in [0, 0.1) is 0 Å². The van der Waals surface area contributed by atoms with Crippen LogP contribution in [-0.2, 0) is 5.75 Å². The fourth-order valence-electron chi connectivity index (χ4n) is 2.11. The predicted molar refractivity (Wildman–Crippen MR) is 85.4 cm³/mol. The number of nitrogens with zero attached hydrogens (tertiary/aromatic N) is 1. The van der Waals surface area contributed by atoms with Crippen molar-refractivity contribution in [2.75, 3.05) is 25.1 Å². The fourth-order valence-corrected chi connectivity index (χ4v) is 2.94. The van der Waals surface area contributed by atoms with Gasteiger partial charge in [-0.25, -0.2) is 4.98 Å². The Morgan fingerprint density at radius 2 is 2.00 bits per heavy atom. The van der Waals surface area contributed by atoms with E-state index in [0.29, 0.717) is 13.2 Å². The second-order valence-corrected chi connectivity index (χ2v) is 5.69. The second kappa shape index (κ2) is 6.72. The van der Waals surface area contributed by atoms with Crippen molar-refractivity contribution < 1.29 is 9.47 Å². The van der Waals surface area contributed by atoms with E-state index in [-0.39, 0.29) is 0 Å². The molecule has 0 saturated carbocycles. The molecule has 0 unspecified atom stereocenters. The van der Waals surface area contributed by atoms with E-state index >= 15 is 0 Å². The molecule has 0 atom stereocenters. The van der Waals surface area contributed by atoms with E-state index < -0.39 is 0 Å². The summed E-state index contributed by atoms with van der Waals surface area (Å²) in [5.74, 6) is 3.43. The molecule has 0 radical (unpaired) electrons. The number of nitrogens with one attached hydrogen (secondary N) is 1. The highest BCUT2D eigenvalue weighted by molar-refractivity contribution is 7.98. The highest BCUT2D eigenvalue weighted by Gasteiger charge is 2.11. The lowest BCUT2D eigenvalue weighted by Gasteiger charge is -2.18. The van der Waals surface area contributed by atoms with E-state index in [4.69, 9.17) is 9.47 Å². The van der Waals surface area contributed by atoms with Gasteiger partial charge in [-0.3, -0.25) is 0 Å². The smallest absolute Gasteiger partial charge is 0.162 e. The number of pyridine rings is 1. The molecule has 110 valence electrons. The van der Waals surface area contributed by atoms with Gasteiger partial charge < -0.3 is 14.8 Å². The summed E-state index contributed by atoms with van der Waals surface area (Å²) < 4.78 is 11.1. The van der Waals surface area contributed by atoms with Crippen LogP contribution in [0.2, 0.25) is 0 Å². The molecule has 4 nitrogen and oxygen atoms in total. The van der Waals surface area contributed by atoms with E-state index in [0.717, 1.165) is 40.2 Å². The first-order valence-electron chi connectivity index (χ1n) is 7.07. The Hall–Kier alpha value is -1.88. The molecule has 0 aliphatic carbocycles. The molecule has 5 heteroatoms. The SMILES string of the molecule is CCNc1cccc(CSc2ccc3c(c2)OCCO3)n1. The molecule has 1 N–H and O–H groups in total. The van der Waals surface area contributed by atoms with Crippen LogP contribution in [0.5, 0.6) is 11.5 Å². The van der Waals surface area contributed by atoms with E-state index in [2.05, 4.69) is 23.3 Å². The minimum atomic E-state index is 0.618. The second-order valence-electron chi connectivity index (χ2n) is 4.64. The monoisotopic (exact) mass is 302 g/mol. The number of hydrogen-bond donors (Lipinski definition) is 1. The van der Waals surface area contributed by atoms with Crippen molar-refractivity contribution in [3.63, 3.8) is 0 Å². The van der Waals surface area contributed by atoms with Gasteiger partial charge in [0.05, 0.1) is 5.69 Å². The molecular weight excluding hydrogens is 284 g/mol. The van der Waals surface area contributed by atoms with Crippen molar-refractivity contribution in [1.29, 1.82) is 0 Å². The van der Waals surface area contributed by atoms with Crippen molar-refractivity contribution in [1.82, 2.24) is 4.98 Å². The largest absolute Gasteiger partial charge is 0.486 e. The Kier molecular flexibility index (Phi) is 4.50. The van der Waals surface area contributed by atoms with Crippen molar-refractivity contribution in [3.05, 3.63) is 42.1 Å². The first kappa shape index (κ1) is 14.1. The van der Waals surface area contributed by atoms with Gasteiger partial charge in [0.1, 0.15) is 19.0 Å². The van der Waals surface area contributed by atoms with Gasteiger partial charge in [0.2, 0.25) is 0 Å². The number of ether oxygens (including phenoxy) is 2. The molecule has 3 rings (SSSR count). The summed E-state index contributed by atoms with van der Waals surface area (Å²) in [5.41, 5.74) is 1.06. The Morgan fingerprint density at radius 3 is 2.86 bits per heavy atom. The summed E-state index contributed by atoms with van der Waals surface area (Å²) in [4.78, 5) is 5.74. The number of anilines is 1. The Morgan fingerprint density at radius 1 is 1.14 bits per heavy atom. The lowest BCUT2D eigenvalue weighted by molar-refractivity contribution is 0.171. The maximum absolute atomic E-state index is 5.60. The number of rotatable bonds is 5. The normalized spacial score (nSPS) is 13.0. The topological polar surface area (TPSA) is 43.4 Å². The molecule has 1 aromatic carbocycles. The minimum Gasteiger partial charge on any atom is -0.486 e. The highest BCUT2D eigenvalue weighted by Crippen LogP contribution is 2.35. The molecule has 2 heterocycles. The zero-order chi connectivity index (χ0) is 14.5. The molecule has 0 fully saturated rings. The molecule has 0 spiro atoms. The van der Waals surface area contributed by atoms with Crippen LogP contribution in [0.25, 0.3) is 0 Å². The molecule has 0 saturated heterocycles. The van der Waals surface area contributed by atoms with E-state index in [1.165, 1.54) is 0 Å². The van der Waals surface area contributed by atoms with Crippen molar-refractivity contribution in [2.45, 2.75) is 17.6 Å². The van der Waals surface area contributed by atoms with Crippen LogP contribution in [0.4, 0.5) is 5.82 Å². The lowest BCUT2D eigenvalue weighted by atomic mass is 10.3. The van der Waals surface area contributed by atoms with Gasteiger partial charge in [0.15, 0.2) is 11.5 Å². The molecule has 1 aliphatic heterocycles. The van der Waals surface area contributed by atoms with Gasteiger partial charge in [-0.1, -0.05) is 6.07 Å². The average molecular weight is 302 g/mol. The van der Waals surface area contributed by atoms with E-state index in [1.807, 2.05) is 30.3 Å². The van der Waals surface area contributed by atoms with Crippen LogP contribution >= 0.6 is 11.8 Å². The average Bonchev–Trinajstić information content (AvgIpc) is 2.53. The maximum atomic E-state index is 5.60. The third kappa shape index (κ3) is 3.61. The van der Waals surface area contributed by atoms with Crippen LogP contribution < -0.4 is 14.8 Å². The van der Waals surface area contributed by atoms with E-state index in [9.17, 15) is 0 Å². The van der Waals surface area contributed by atoms with Gasteiger partial charge in [-0.05, 0) is 37.3 Å². The van der Waals surface area contributed by atoms with Crippen LogP contribution in [0.1, 0.15) is 12.6 Å². The summed E-state index contributed by atoms with van der Waals surface area (Å²) in [6.45, 7) is 4.19. The Labute approximate surface area is 128 Å². The summed E-state index contributed by atoms with van der Waals surface area (Å²) >= 11 is 1.75. The van der Waals surface area contributed by atoms with Crippen molar-refractivity contribution >= 4 is 17.6 Å². The zero-order valence-electron chi connectivity index (χ0n) is 12.0. The number of thioether (sulfide) groups is 1. The summed E-state index contributed by atoms with van der Waals surface area (Å²) in [6, 6.07) is 12.1. The predicted octanol–water partition coefficient (Wildman–Crippen LogP) is 3.58. The Bertz CT molecular complexity index is 619. The summed E-state index contributed by atoms with van der Waals surface area (Å²) in [5, 5.41) is 3.23. The molecule has 21 heavy (non-hydrogen) atoms. The molecule has 0 amide bonds. The first-order chi connectivity index (χ1) is 10.3. The van der Waals surface area contributed by atoms with Gasteiger partial charge in [-0.15, -0.1) is 11.8 Å². The summed E-state index contributed by atoms with van der Waals surface area (Å²) in [7, 11) is 0. The quantitative estimate of drug-likeness (QED) is 0.855. The standard InChI is InChI=1S/C16H18N2O2S/c1-2-17-16-5-3-4-12(18-16)11-21-13-6-7-14-15(10-13)20-9-8-19-14/h3-7,10H,2,8-9,11H2,1H3,(H,17,18). The lowest BCUT2D eigenvalue weighted by Crippen LogP contribution is -2.15. The number of benzene rings is 1. The number of hydrogen-bond acceptors (Lipinski definition) is 5. The van der Waals surface area contributed by atoms with Gasteiger partial charge in [0, 0.05) is 17.2 Å². The van der Waals surface area contributed by atoms with Crippen LogP contribution in [-0.4, -0.2) is 24.7 Å². The third-order valence-electron chi connectivity index (χ3n) is 3.07. The zero-order valence-corrected chi connectivity index (χ0v) is 12.8. The minimum absolute atomic E-state index is 0.618. The third-order valence-corrected chi connectivity index (χ3v) is 4.09. The molecule has 2 aromatic rings. The van der Waals surface area contributed by atoms with Gasteiger partial charge in [0.25, 0.3) is 0 Å². The van der Waals surface area contributed by atoms with E-state index in [1.54, 1.807) is 11.8 Å². The van der Waals surface area contributed by atoms with Crippen LogP contribution in [0.15, 0.2) is 41.3 Å². The Balaban J connectivity index is 1.66. The molecule has 0 bridgehead atoms. The van der Waals surface area contributed by atoms with Crippen LogP contribution in [0.3, 0.4) is 0 Å². The van der Waals surface area contributed by atoms with Crippen molar-refractivity contribution in [2.24, 2.45) is 0 Å². The van der Waals surface area contributed by atoms with Crippen molar-refractivity contribution in [3.8, 4) is 11.5 Å². The van der Waals surface area contributed by atoms with Gasteiger partial charge in [-0.2, -0.15) is 0 Å².